The van der Waals surface area contributed by atoms with Crippen molar-refractivity contribution in [2.75, 3.05) is 26.2 Å². The van der Waals surface area contributed by atoms with Crippen molar-refractivity contribution in [3.05, 3.63) is 46.7 Å². The van der Waals surface area contributed by atoms with E-state index in [1.807, 2.05) is 30.6 Å². The van der Waals surface area contributed by atoms with Crippen molar-refractivity contribution in [3.63, 3.8) is 0 Å². The van der Waals surface area contributed by atoms with E-state index in [2.05, 4.69) is 25.1 Å². The number of thiazole rings is 1. The van der Waals surface area contributed by atoms with Crippen molar-refractivity contribution in [1.29, 1.82) is 0 Å². The number of ether oxygens (including phenoxy) is 1. The smallest absolute Gasteiger partial charge is 0.475 e. The number of halogens is 6. The van der Waals surface area contributed by atoms with Crippen molar-refractivity contribution in [1.82, 2.24) is 19.8 Å². The Morgan fingerprint density at radius 1 is 1.00 bits per heavy atom. The summed E-state index contributed by atoms with van der Waals surface area (Å²) in [4.78, 5) is 31.6. The molecule has 2 aliphatic heterocycles. The Bertz CT molecular complexity index is 954. The Hall–Kier alpha value is -2.82. The number of carboxylic acids is 2. The zero-order chi connectivity index (χ0) is 27.6. The van der Waals surface area contributed by atoms with Crippen LogP contribution in [0.15, 0.2) is 36.0 Å². The van der Waals surface area contributed by atoms with Gasteiger partial charge in [0.2, 0.25) is 0 Å². The SMILES string of the molecule is O=C(O)C(F)(F)F.O=C(O)C(F)(F)F.c1ccc(COC2CC3CN(Cc4nccs4)CCN3C2)nc1. The molecule has 2 N–H and O–H groups in total. The normalized spacial score (nSPS) is 20.2. The third-order valence-electron chi connectivity index (χ3n) is 5.18. The van der Waals surface area contributed by atoms with Gasteiger partial charge >= 0.3 is 24.3 Å². The molecule has 2 saturated heterocycles. The van der Waals surface area contributed by atoms with Gasteiger partial charge in [0.15, 0.2) is 0 Å². The second-order valence-electron chi connectivity index (χ2n) is 7.91. The molecule has 2 aliphatic rings. The summed E-state index contributed by atoms with van der Waals surface area (Å²) in [5.74, 6) is -5.51. The highest BCUT2D eigenvalue weighted by atomic mass is 32.1. The van der Waals surface area contributed by atoms with Crippen LogP contribution < -0.4 is 0 Å². The van der Waals surface area contributed by atoms with Gasteiger partial charge in [-0.2, -0.15) is 26.3 Å². The van der Waals surface area contributed by atoms with Gasteiger partial charge in [0.25, 0.3) is 0 Å². The monoisotopic (exact) mass is 558 g/mol. The van der Waals surface area contributed by atoms with Crippen molar-refractivity contribution in [3.8, 4) is 0 Å². The number of hydrogen-bond donors (Lipinski definition) is 2. The van der Waals surface area contributed by atoms with E-state index in [-0.39, 0.29) is 0 Å². The molecule has 2 unspecified atom stereocenters. The summed E-state index contributed by atoms with van der Waals surface area (Å²) in [6, 6.07) is 6.60. The molecule has 0 aliphatic carbocycles. The summed E-state index contributed by atoms with van der Waals surface area (Å²) >= 11 is 1.75. The maximum absolute atomic E-state index is 10.6. The van der Waals surface area contributed by atoms with Crippen molar-refractivity contribution in [2.24, 2.45) is 0 Å². The van der Waals surface area contributed by atoms with Crippen LogP contribution in [0.5, 0.6) is 0 Å². The number of aliphatic carboxylic acids is 2. The Labute approximate surface area is 211 Å². The number of hydrogen-bond acceptors (Lipinski definition) is 8. The first-order valence-electron chi connectivity index (χ1n) is 10.7. The lowest BCUT2D eigenvalue weighted by atomic mass is 10.1. The van der Waals surface area contributed by atoms with Gasteiger partial charge in [-0.15, -0.1) is 11.3 Å². The molecular formula is C21H24F6N4O5S. The van der Waals surface area contributed by atoms with Gasteiger partial charge in [0.1, 0.15) is 5.01 Å². The number of alkyl halides is 6. The van der Waals surface area contributed by atoms with Gasteiger partial charge < -0.3 is 14.9 Å². The maximum Gasteiger partial charge on any atom is 0.490 e. The molecule has 0 saturated carbocycles. The molecule has 37 heavy (non-hydrogen) atoms. The number of piperazine rings is 1. The number of rotatable bonds is 5. The minimum Gasteiger partial charge on any atom is -0.475 e. The first-order valence-corrected chi connectivity index (χ1v) is 11.6. The van der Waals surface area contributed by atoms with E-state index < -0.39 is 24.3 Å². The number of carboxylic acid groups (broad SMARTS) is 2. The minimum atomic E-state index is -5.08. The van der Waals surface area contributed by atoms with E-state index in [1.165, 1.54) is 5.01 Å². The number of nitrogens with zero attached hydrogens (tertiary/aromatic N) is 4. The van der Waals surface area contributed by atoms with E-state index in [0.29, 0.717) is 18.8 Å². The quantitative estimate of drug-likeness (QED) is 0.534. The number of pyridine rings is 1. The summed E-state index contributed by atoms with van der Waals surface area (Å²) in [5, 5.41) is 17.5. The van der Waals surface area contributed by atoms with Gasteiger partial charge in [0.05, 0.1) is 24.9 Å². The second kappa shape index (κ2) is 13.6. The molecule has 2 fully saturated rings. The van der Waals surface area contributed by atoms with Gasteiger partial charge in [-0.1, -0.05) is 6.07 Å². The topological polar surface area (TPSA) is 116 Å². The lowest BCUT2D eigenvalue weighted by Gasteiger charge is -2.36. The molecule has 4 rings (SSSR count). The summed E-state index contributed by atoms with van der Waals surface area (Å²) in [7, 11) is 0. The van der Waals surface area contributed by atoms with Crippen molar-refractivity contribution < 1.29 is 50.9 Å². The molecule has 9 nitrogen and oxygen atoms in total. The van der Waals surface area contributed by atoms with E-state index in [1.54, 1.807) is 11.3 Å². The predicted molar refractivity (Wildman–Crippen MR) is 118 cm³/mol. The zero-order valence-electron chi connectivity index (χ0n) is 19.2. The van der Waals surface area contributed by atoms with Gasteiger partial charge in [-0.25, -0.2) is 14.6 Å². The lowest BCUT2D eigenvalue weighted by molar-refractivity contribution is -0.193. The fraction of sp³-hybridized carbons (Fsp3) is 0.524. The van der Waals surface area contributed by atoms with E-state index in [4.69, 9.17) is 24.5 Å². The molecule has 0 spiro atoms. The van der Waals surface area contributed by atoms with Crippen LogP contribution in [0.2, 0.25) is 0 Å². The summed E-state index contributed by atoms with van der Waals surface area (Å²) < 4.78 is 69.6. The van der Waals surface area contributed by atoms with Crippen LogP contribution in [0.4, 0.5) is 26.3 Å². The summed E-state index contributed by atoms with van der Waals surface area (Å²) in [6.45, 7) is 6.06. The molecule has 0 aromatic carbocycles. The summed E-state index contributed by atoms with van der Waals surface area (Å²) in [5.41, 5.74) is 1.02. The standard InChI is InChI=1S/C17H22N4OS.2C2HF3O2/c1-2-4-18-14(3-1)13-22-16-9-15-10-20(6-7-21(15)11-16)12-17-19-5-8-23-17;2*3-2(4,5)1(6)7/h1-5,8,15-16H,6-7,9-13H2;2*(H,6,7). The highest BCUT2D eigenvalue weighted by molar-refractivity contribution is 7.09. The lowest BCUT2D eigenvalue weighted by Crippen LogP contribution is -2.49. The number of carbonyl (C=O) groups is 2. The first-order chi connectivity index (χ1) is 17.3. The predicted octanol–water partition coefficient (Wildman–Crippen LogP) is 3.28. The highest BCUT2D eigenvalue weighted by Crippen LogP contribution is 2.25. The van der Waals surface area contributed by atoms with Gasteiger partial charge in [-0.3, -0.25) is 14.8 Å². The van der Waals surface area contributed by atoms with Crippen LogP contribution in [0.1, 0.15) is 17.1 Å². The molecule has 0 radical (unpaired) electrons. The molecule has 2 atom stereocenters. The third kappa shape index (κ3) is 11.0. The Kier molecular flexibility index (Phi) is 11.2. The highest BCUT2D eigenvalue weighted by Gasteiger charge is 2.39. The Morgan fingerprint density at radius 2 is 1.65 bits per heavy atom. The molecule has 4 heterocycles. The molecular weight excluding hydrogens is 534 g/mol. The van der Waals surface area contributed by atoms with E-state index >= 15 is 0 Å². The average molecular weight is 559 g/mol. The van der Waals surface area contributed by atoms with Crippen LogP contribution in [0, 0.1) is 0 Å². The molecule has 206 valence electrons. The van der Waals surface area contributed by atoms with Gasteiger partial charge in [0, 0.05) is 50.0 Å². The number of aromatic nitrogens is 2. The first kappa shape index (κ1) is 30.4. The van der Waals surface area contributed by atoms with Crippen LogP contribution in [-0.2, 0) is 27.5 Å². The average Bonchev–Trinajstić information content (AvgIpc) is 3.47. The molecule has 0 bridgehead atoms. The maximum atomic E-state index is 10.6. The fourth-order valence-electron chi connectivity index (χ4n) is 3.53. The molecule has 0 amide bonds. The third-order valence-corrected chi connectivity index (χ3v) is 5.95. The van der Waals surface area contributed by atoms with E-state index in [0.717, 1.165) is 44.8 Å². The van der Waals surface area contributed by atoms with Crippen molar-refractivity contribution in [2.45, 2.75) is 44.1 Å². The Morgan fingerprint density at radius 3 is 2.16 bits per heavy atom. The van der Waals surface area contributed by atoms with Crippen molar-refractivity contribution >= 4 is 23.3 Å². The van der Waals surface area contributed by atoms with E-state index in [9.17, 15) is 26.3 Å². The number of fused-ring (bicyclic) bond motifs is 1. The molecule has 2 aromatic heterocycles. The summed E-state index contributed by atoms with van der Waals surface area (Å²) in [6.07, 6.45) is -4.98. The van der Waals surface area contributed by atoms with Gasteiger partial charge in [-0.05, 0) is 18.6 Å². The van der Waals surface area contributed by atoms with Crippen LogP contribution in [0.25, 0.3) is 0 Å². The van der Waals surface area contributed by atoms with Crippen LogP contribution >= 0.6 is 11.3 Å². The largest absolute Gasteiger partial charge is 0.490 e. The molecule has 2 aromatic rings. The van der Waals surface area contributed by atoms with Crippen LogP contribution in [-0.4, -0.2) is 92.6 Å². The minimum absolute atomic E-state index is 0.335. The molecule has 16 heteroatoms. The zero-order valence-corrected chi connectivity index (χ0v) is 20.0. The Balaban J connectivity index is 0.000000286. The van der Waals surface area contributed by atoms with Crippen LogP contribution in [0.3, 0.4) is 0 Å². The second-order valence-corrected chi connectivity index (χ2v) is 8.88. The fourth-order valence-corrected chi connectivity index (χ4v) is 4.19.